The van der Waals surface area contributed by atoms with Gasteiger partial charge in [0.15, 0.2) is 0 Å². The van der Waals surface area contributed by atoms with Crippen molar-refractivity contribution in [3.8, 4) is 0 Å². The third kappa shape index (κ3) is 4.82. The number of hydrogen-bond acceptors (Lipinski definition) is 5. The molecule has 2 aromatic rings. The van der Waals surface area contributed by atoms with Crippen LogP contribution in [0.2, 0.25) is 0 Å². The highest BCUT2D eigenvalue weighted by atomic mass is 32.1. The minimum absolute atomic E-state index is 0.0644. The molecule has 0 aliphatic rings. The number of anilines is 2. The summed E-state index contributed by atoms with van der Waals surface area (Å²) in [7, 11) is 0. The van der Waals surface area contributed by atoms with E-state index in [-0.39, 0.29) is 5.91 Å². The van der Waals surface area contributed by atoms with Gasteiger partial charge in [-0.15, -0.1) is 10.2 Å². The van der Waals surface area contributed by atoms with E-state index in [0.717, 1.165) is 22.7 Å². The van der Waals surface area contributed by atoms with Gasteiger partial charge in [-0.05, 0) is 24.0 Å². The Hall–Kier alpha value is -1.95. The molecule has 0 aliphatic carbocycles. The van der Waals surface area contributed by atoms with E-state index in [2.05, 4.69) is 29.4 Å². The molecule has 1 aromatic carbocycles. The maximum Gasteiger partial charge on any atom is 0.226 e. The number of benzene rings is 1. The maximum atomic E-state index is 11.9. The average Bonchev–Trinajstić information content (AvgIpc) is 2.84. The molecular formula is C15H20N4OS. The topological polar surface area (TPSA) is 80.9 Å². The van der Waals surface area contributed by atoms with Crippen LogP contribution in [0.1, 0.15) is 30.8 Å². The minimum atomic E-state index is -0.0644. The van der Waals surface area contributed by atoms with Crippen molar-refractivity contribution in [2.75, 3.05) is 11.1 Å². The number of carbonyl (C=O) groups excluding carboxylic acids is 1. The van der Waals surface area contributed by atoms with Crippen LogP contribution in [0.15, 0.2) is 24.3 Å². The Morgan fingerprint density at radius 3 is 2.81 bits per heavy atom. The predicted octanol–water partition coefficient (Wildman–Crippen LogP) is 2.89. The Morgan fingerprint density at radius 1 is 1.33 bits per heavy atom. The van der Waals surface area contributed by atoms with Crippen LogP contribution in [0.3, 0.4) is 0 Å². The quantitative estimate of drug-likeness (QED) is 0.804. The molecule has 1 amide bonds. The fourth-order valence-corrected chi connectivity index (χ4v) is 2.90. The van der Waals surface area contributed by atoms with Gasteiger partial charge in [-0.2, -0.15) is 0 Å². The number of nitrogens with one attached hydrogen (secondary N) is 1. The molecule has 0 atom stereocenters. The Morgan fingerprint density at radius 2 is 2.10 bits per heavy atom. The van der Waals surface area contributed by atoms with Gasteiger partial charge in [-0.1, -0.05) is 43.4 Å². The van der Waals surface area contributed by atoms with Crippen LogP contribution in [-0.2, 0) is 17.6 Å². The summed E-state index contributed by atoms with van der Waals surface area (Å²) >= 11 is 1.44. The molecule has 1 aromatic heterocycles. The van der Waals surface area contributed by atoms with Crippen molar-refractivity contribution < 1.29 is 4.79 Å². The Labute approximate surface area is 128 Å². The summed E-state index contributed by atoms with van der Waals surface area (Å²) in [6.07, 6.45) is 1.89. The number of carbonyl (C=O) groups is 1. The van der Waals surface area contributed by atoms with E-state index < -0.39 is 0 Å². The minimum Gasteiger partial charge on any atom is -0.399 e. The average molecular weight is 304 g/mol. The number of aromatic nitrogens is 2. The van der Waals surface area contributed by atoms with Gasteiger partial charge < -0.3 is 11.1 Å². The molecule has 5 nitrogen and oxygen atoms in total. The first-order valence-corrected chi connectivity index (χ1v) is 7.82. The van der Waals surface area contributed by atoms with Gasteiger partial charge in [-0.3, -0.25) is 4.79 Å². The highest BCUT2D eigenvalue weighted by Crippen LogP contribution is 2.19. The number of rotatable bonds is 6. The summed E-state index contributed by atoms with van der Waals surface area (Å²) in [5, 5.41) is 12.4. The summed E-state index contributed by atoms with van der Waals surface area (Å²) < 4.78 is 0. The lowest BCUT2D eigenvalue weighted by atomic mass is 10.1. The van der Waals surface area contributed by atoms with Gasteiger partial charge in [0, 0.05) is 18.5 Å². The van der Waals surface area contributed by atoms with Crippen LogP contribution in [0.4, 0.5) is 10.8 Å². The number of nitrogen functional groups attached to an aromatic ring is 1. The Balaban J connectivity index is 1.84. The molecule has 6 heteroatoms. The van der Waals surface area contributed by atoms with Crippen molar-refractivity contribution in [1.82, 2.24) is 10.2 Å². The van der Waals surface area contributed by atoms with E-state index in [9.17, 15) is 4.79 Å². The van der Waals surface area contributed by atoms with E-state index in [0.29, 0.717) is 23.9 Å². The van der Waals surface area contributed by atoms with Gasteiger partial charge in [0.25, 0.3) is 0 Å². The van der Waals surface area contributed by atoms with Gasteiger partial charge in [0.2, 0.25) is 11.0 Å². The predicted molar refractivity (Wildman–Crippen MR) is 86.3 cm³/mol. The smallest absolute Gasteiger partial charge is 0.226 e. The van der Waals surface area contributed by atoms with E-state index in [1.165, 1.54) is 11.3 Å². The summed E-state index contributed by atoms with van der Waals surface area (Å²) in [5.41, 5.74) is 7.57. The van der Waals surface area contributed by atoms with Crippen molar-refractivity contribution in [2.24, 2.45) is 5.92 Å². The first kappa shape index (κ1) is 15.4. The second-order valence-corrected chi connectivity index (χ2v) is 6.41. The molecule has 1 heterocycles. The second-order valence-electron chi connectivity index (χ2n) is 5.35. The van der Waals surface area contributed by atoms with Crippen LogP contribution in [-0.4, -0.2) is 16.1 Å². The molecule has 0 saturated carbocycles. The van der Waals surface area contributed by atoms with Crippen molar-refractivity contribution in [2.45, 2.75) is 33.1 Å². The van der Waals surface area contributed by atoms with Crippen molar-refractivity contribution in [3.63, 3.8) is 0 Å². The van der Waals surface area contributed by atoms with Gasteiger partial charge in [0.1, 0.15) is 5.01 Å². The number of aryl methyl sites for hydroxylation is 1. The second kappa shape index (κ2) is 7.17. The largest absolute Gasteiger partial charge is 0.399 e. The molecule has 0 spiro atoms. The SMILES string of the molecule is CC(C)Cc1nnc(NC(=O)CCc2ccccc2N)s1. The zero-order valence-corrected chi connectivity index (χ0v) is 13.1. The molecule has 0 aliphatic heterocycles. The third-order valence-electron chi connectivity index (χ3n) is 2.97. The highest BCUT2D eigenvalue weighted by molar-refractivity contribution is 7.15. The molecule has 2 rings (SSSR count). The summed E-state index contributed by atoms with van der Waals surface area (Å²) in [5.74, 6) is 0.466. The number of nitrogens with zero attached hydrogens (tertiary/aromatic N) is 2. The van der Waals surface area contributed by atoms with Gasteiger partial charge in [-0.25, -0.2) is 0 Å². The molecule has 3 N–H and O–H groups in total. The molecule has 21 heavy (non-hydrogen) atoms. The molecule has 0 unspecified atom stereocenters. The number of para-hydroxylation sites is 1. The van der Waals surface area contributed by atoms with Crippen LogP contribution in [0, 0.1) is 5.92 Å². The van der Waals surface area contributed by atoms with E-state index >= 15 is 0 Å². The first-order valence-electron chi connectivity index (χ1n) is 7.00. The molecular weight excluding hydrogens is 284 g/mol. The lowest BCUT2D eigenvalue weighted by Crippen LogP contribution is -2.12. The highest BCUT2D eigenvalue weighted by Gasteiger charge is 2.10. The lowest BCUT2D eigenvalue weighted by molar-refractivity contribution is -0.116. The molecule has 112 valence electrons. The zero-order chi connectivity index (χ0) is 15.2. The Kier molecular flexibility index (Phi) is 5.27. The van der Waals surface area contributed by atoms with Gasteiger partial charge >= 0.3 is 0 Å². The van der Waals surface area contributed by atoms with Gasteiger partial charge in [0.05, 0.1) is 0 Å². The molecule has 0 saturated heterocycles. The zero-order valence-electron chi connectivity index (χ0n) is 12.3. The van der Waals surface area contributed by atoms with Crippen molar-refractivity contribution >= 4 is 28.1 Å². The summed E-state index contributed by atoms with van der Waals surface area (Å²) in [4.78, 5) is 11.9. The third-order valence-corrected chi connectivity index (χ3v) is 3.83. The standard InChI is InChI=1S/C15H20N4OS/c1-10(2)9-14-18-19-15(21-14)17-13(20)8-7-11-5-3-4-6-12(11)16/h3-6,10H,7-9,16H2,1-2H3,(H,17,19,20). The summed E-state index contributed by atoms with van der Waals surface area (Å²) in [6.45, 7) is 4.26. The van der Waals surface area contributed by atoms with E-state index in [1.54, 1.807) is 0 Å². The van der Waals surface area contributed by atoms with Crippen LogP contribution in [0.5, 0.6) is 0 Å². The van der Waals surface area contributed by atoms with Crippen LogP contribution < -0.4 is 11.1 Å². The molecule has 0 radical (unpaired) electrons. The molecule has 0 fully saturated rings. The fourth-order valence-electron chi connectivity index (χ4n) is 1.93. The van der Waals surface area contributed by atoms with E-state index in [4.69, 9.17) is 5.73 Å². The van der Waals surface area contributed by atoms with Crippen molar-refractivity contribution in [1.29, 1.82) is 0 Å². The lowest BCUT2D eigenvalue weighted by Gasteiger charge is -2.04. The van der Waals surface area contributed by atoms with Crippen molar-refractivity contribution in [3.05, 3.63) is 34.8 Å². The van der Waals surface area contributed by atoms with Crippen LogP contribution in [0.25, 0.3) is 0 Å². The Bertz CT molecular complexity index is 609. The fraction of sp³-hybridized carbons (Fsp3) is 0.400. The summed E-state index contributed by atoms with van der Waals surface area (Å²) in [6, 6.07) is 7.59. The maximum absolute atomic E-state index is 11.9. The first-order chi connectivity index (χ1) is 10.0. The monoisotopic (exact) mass is 304 g/mol. The normalized spacial score (nSPS) is 10.8. The molecule has 0 bridgehead atoms. The van der Waals surface area contributed by atoms with E-state index in [1.807, 2.05) is 24.3 Å². The number of amides is 1. The number of hydrogen-bond donors (Lipinski definition) is 2. The van der Waals surface area contributed by atoms with Crippen LogP contribution >= 0.6 is 11.3 Å². The number of nitrogens with two attached hydrogens (primary N) is 1.